The van der Waals surface area contributed by atoms with Crippen LogP contribution in [0, 0.1) is 6.92 Å². The summed E-state index contributed by atoms with van der Waals surface area (Å²) < 4.78 is 6.44. The lowest BCUT2D eigenvalue weighted by Gasteiger charge is -2.21. The molecule has 1 aromatic carbocycles. The quantitative estimate of drug-likeness (QED) is 0.591. The standard InChI is InChI=1S/C22H28N4O2S/c1-14(25-21(27)28-22(3,4)5)11-18-15(2)19-20(29-18)17(13-24-26-19)23-12-16-9-7-6-8-10-16/h6-10,13-14H,11-12H2,1-5H3,(H,23,26)(H,25,27)/t14-/m0/s1. The van der Waals surface area contributed by atoms with E-state index in [-0.39, 0.29) is 6.04 Å². The third kappa shape index (κ3) is 5.67. The van der Waals surface area contributed by atoms with E-state index in [9.17, 15) is 4.79 Å². The van der Waals surface area contributed by atoms with Gasteiger partial charge < -0.3 is 15.4 Å². The van der Waals surface area contributed by atoms with Crippen molar-refractivity contribution in [3.8, 4) is 0 Å². The number of carbonyl (C=O) groups excluding carboxylic acids is 1. The molecular formula is C22H28N4O2S. The molecule has 29 heavy (non-hydrogen) atoms. The number of alkyl carbamates (subject to hydrolysis) is 1. The van der Waals surface area contributed by atoms with Gasteiger partial charge in [0.1, 0.15) is 11.1 Å². The maximum absolute atomic E-state index is 12.0. The minimum atomic E-state index is -0.508. The van der Waals surface area contributed by atoms with Crippen LogP contribution in [0.2, 0.25) is 0 Å². The smallest absolute Gasteiger partial charge is 0.407 e. The zero-order valence-electron chi connectivity index (χ0n) is 17.6. The van der Waals surface area contributed by atoms with Gasteiger partial charge in [-0.25, -0.2) is 4.79 Å². The van der Waals surface area contributed by atoms with Gasteiger partial charge in [-0.3, -0.25) is 0 Å². The molecule has 2 N–H and O–H groups in total. The number of amides is 1. The molecule has 154 valence electrons. The van der Waals surface area contributed by atoms with Gasteiger partial charge in [-0.1, -0.05) is 30.3 Å². The molecule has 1 amide bonds. The van der Waals surface area contributed by atoms with E-state index in [0.717, 1.165) is 28.0 Å². The predicted molar refractivity (Wildman–Crippen MR) is 118 cm³/mol. The van der Waals surface area contributed by atoms with Crippen LogP contribution in [0.1, 0.15) is 43.7 Å². The third-order valence-corrected chi connectivity index (χ3v) is 5.72. The number of rotatable bonds is 6. The number of aryl methyl sites for hydroxylation is 1. The molecule has 2 heterocycles. The van der Waals surface area contributed by atoms with E-state index < -0.39 is 11.7 Å². The summed E-state index contributed by atoms with van der Waals surface area (Å²) in [4.78, 5) is 13.2. The number of hydrogen-bond acceptors (Lipinski definition) is 6. The van der Waals surface area contributed by atoms with Crippen LogP contribution in [0.25, 0.3) is 10.2 Å². The summed E-state index contributed by atoms with van der Waals surface area (Å²) in [6.45, 7) is 10.3. The summed E-state index contributed by atoms with van der Waals surface area (Å²) in [7, 11) is 0. The summed E-state index contributed by atoms with van der Waals surface area (Å²) in [5.74, 6) is 0. The van der Waals surface area contributed by atoms with Crippen molar-refractivity contribution < 1.29 is 9.53 Å². The Morgan fingerprint density at radius 2 is 1.97 bits per heavy atom. The summed E-state index contributed by atoms with van der Waals surface area (Å²) >= 11 is 1.70. The fourth-order valence-electron chi connectivity index (χ4n) is 3.01. The number of fused-ring (bicyclic) bond motifs is 1. The van der Waals surface area contributed by atoms with Crippen molar-refractivity contribution in [1.29, 1.82) is 0 Å². The normalized spacial score (nSPS) is 12.6. The Hall–Kier alpha value is -2.67. The van der Waals surface area contributed by atoms with Crippen LogP contribution in [0.5, 0.6) is 0 Å². The fraction of sp³-hybridized carbons (Fsp3) is 0.409. The maximum Gasteiger partial charge on any atom is 0.407 e. The molecular weight excluding hydrogens is 384 g/mol. The van der Waals surface area contributed by atoms with Crippen LogP contribution in [0.4, 0.5) is 10.5 Å². The molecule has 0 spiro atoms. The summed E-state index contributed by atoms with van der Waals surface area (Å²) in [5.41, 5.74) is 3.70. The van der Waals surface area contributed by atoms with Crippen molar-refractivity contribution in [2.45, 2.75) is 59.2 Å². The molecule has 1 atom stereocenters. The Bertz CT molecular complexity index is 980. The zero-order valence-corrected chi connectivity index (χ0v) is 18.4. The van der Waals surface area contributed by atoms with Crippen molar-refractivity contribution in [1.82, 2.24) is 15.5 Å². The predicted octanol–water partition coefficient (Wildman–Crippen LogP) is 5.07. The lowest BCUT2D eigenvalue weighted by molar-refractivity contribution is 0.0508. The molecule has 0 bridgehead atoms. The minimum absolute atomic E-state index is 0.0506. The Morgan fingerprint density at radius 3 is 2.66 bits per heavy atom. The average Bonchev–Trinajstić information content (AvgIpc) is 2.95. The van der Waals surface area contributed by atoms with Crippen molar-refractivity contribution in [3.05, 3.63) is 52.5 Å². The molecule has 0 radical (unpaired) electrons. The number of hydrogen-bond donors (Lipinski definition) is 2. The van der Waals surface area contributed by atoms with Gasteiger partial charge >= 0.3 is 6.09 Å². The fourth-order valence-corrected chi connectivity index (χ4v) is 4.36. The number of ether oxygens (including phenoxy) is 1. The van der Waals surface area contributed by atoms with Crippen LogP contribution in [-0.4, -0.2) is 27.9 Å². The third-order valence-electron chi connectivity index (χ3n) is 4.38. The van der Waals surface area contributed by atoms with Crippen LogP contribution < -0.4 is 10.6 Å². The van der Waals surface area contributed by atoms with E-state index in [0.29, 0.717) is 6.42 Å². The first kappa shape index (κ1) is 21.0. The molecule has 2 aromatic heterocycles. The molecule has 0 aliphatic heterocycles. The van der Waals surface area contributed by atoms with Crippen LogP contribution >= 0.6 is 11.3 Å². The molecule has 0 saturated heterocycles. The highest BCUT2D eigenvalue weighted by atomic mass is 32.1. The van der Waals surface area contributed by atoms with E-state index in [2.05, 4.69) is 39.9 Å². The van der Waals surface area contributed by atoms with E-state index in [1.807, 2.05) is 45.9 Å². The molecule has 0 aliphatic rings. The van der Waals surface area contributed by atoms with Crippen LogP contribution in [-0.2, 0) is 17.7 Å². The Balaban J connectivity index is 1.72. The molecule has 6 nitrogen and oxygen atoms in total. The average molecular weight is 413 g/mol. The van der Waals surface area contributed by atoms with Crippen molar-refractivity contribution in [2.24, 2.45) is 0 Å². The van der Waals surface area contributed by atoms with E-state index in [1.165, 1.54) is 10.4 Å². The molecule has 0 fully saturated rings. The maximum atomic E-state index is 12.0. The lowest BCUT2D eigenvalue weighted by Crippen LogP contribution is -2.38. The number of benzene rings is 1. The largest absolute Gasteiger partial charge is 0.444 e. The molecule has 3 rings (SSSR count). The second kappa shape index (κ2) is 8.78. The van der Waals surface area contributed by atoms with Crippen LogP contribution in [0.3, 0.4) is 0 Å². The number of thiophene rings is 1. The Labute approximate surface area is 175 Å². The highest BCUT2D eigenvalue weighted by Crippen LogP contribution is 2.34. The second-order valence-corrected chi connectivity index (χ2v) is 9.28. The Morgan fingerprint density at radius 1 is 1.24 bits per heavy atom. The highest BCUT2D eigenvalue weighted by molar-refractivity contribution is 7.19. The first-order valence-electron chi connectivity index (χ1n) is 9.74. The first-order chi connectivity index (χ1) is 13.7. The van der Waals surface area contributed by atoms with Crippen LogP contribution in [0.15, 0.2) is 36.5 Å². The lowest BCUT2D eigenvalue weighted by atomic mass is 10.1. The summed E-state index contributed by atoms with van der Waals surface area (Å²) in [5, 5.41) is 14.9. The van der Waals surface area contributed by atoms with Crippen molar-refractivity contribution >= 4 is 33.3 Å². The van der Waals surface area contributed by atoms with Gasteiger partial charge in [0.05, 0.1) is 16.6 Å². The minimum Gasteiger partial charge on any atom is -0.444 e. The number of nitrogens with zero attached hydrogens (tertiary/aromatic N) is 2. The number of carbonyl (C=O) groups is 1. The molecule has 0 aliphatic carbocycles. The number of nitrogens with one attached hydrogen (secondary N) is 2. The topological polar surface area (TPSA) is 76.1 Å². The van der Waals surface area contributed by atoms with Gasteiger partial charge in [0, 0.05) is 23.9 Å². The zero-order chi connectivity index (χ0) is 21.0. The molecule has 0 saturated carbocycles. The van der Waals surface area contributed by atoms with E-state index >= 15 is 0 Å². The molecule has 3 aromatic rings. The van der Waals surface area contributed by atoms with Gasteiger partial charge in [-0.05, 0) is 45.7 Å². The molecule has 7 heteroatoms. The highest BCUT2D eigenvalue weighted by Gasteiger charge is 2.20. The summed E-state index contributed by atoms with van der Waals surface area (Å²) in [6, 6.07) is 10.2. The SMILES string of the molecule is Cc1c(C[C@H](C)NC(=O)OC(C)(C)C)sc2c(NCc3ccccc3)cnnc12. The van der Waals surface area contributed by atoms with Gasteiger partial charge in [0.25, 0.3) is 0 Å². The van der Waals surface area contributed by atoms with Crippen molar-refractivity contribution in [2.75, 3.05) is 5.32 Å². The van der Waals surface area contributed by atoms with Gasteiger partial charge in [-0.2, -0.15) is 5.10 Å². The first-order valence-corrected chi connectivity index (χ1v) is 10.6. The molecule has 0 unspecified atom stereocenters. The monoisotopic (exact) mass is 412 g/mol. The van der Waals surface area contributed by atoms with Crippen molar-refractivity contribution in [3.63, 3.8) is 0 Å². The van der Waals surface area contributed by atoms with E-state index in [4.69, 9.17) is 4.74 Å². The summed E-state index contributed by atoms with van der Waals surface area (Å²) in [6.07, 6.45) is 2.09. The second-order valence-electron chi connectivity index (χ2n) is 8.18. The van der Waals surface area contributed by atoms with Gasteiger partial charge in [-0.15, -0.1) is 16.4 Å². The van der Waals surface area contributed by atoms with Gasteiger partial charge in [0.2, 0.25) is 0 Å². The number of anilines is 1. The van der Waals surface area contributed by atoms with Gasteiger partial charge in [0.15, 0.2) is 0 Å². The Kier molecular flexibility index (Phi) is 6.37. The van der Waals surface area contributed by atoms with E-state index in [1.54, 1.807) is 17.5 Å². The number of aromatic nitrogens is 2.